The Morgan fingerprint density at radius 3 is 2.65 bits per heavy atom. The minimum Gasteiger partial charge on any atom is -0.388 e. The summed E-state index contributed by atoms with van der Waals surface area (Å²) in [5.74, 6) is 0.111. The van der Waals surface area contributed by atoms with E-state index in [0.717, 1.165) is 17.0 Å². The fourth-order valence-corrected chi connectivity index (χ4v) is 2.76. The van der Waals surface area contributed by atoms with Crippen LogP contribution in [0.4, 0.5) is 10.5 Å². The molecule has 1 aromatic carbocycles. The number of hydrogen-bond acceptors (Lipinski definition) is 4. The number of benzene rings is 1. The van der Waals surface area contributed by atoms with Gasteiger partial charge in [-0.15, -0.1) is 11.3 Å². The van der Waals surface area contributed by atoms with Crippen LogP contribution >= 0.6 is 11.3 Å². The lowest BCUT2D eigenvalue weighted by Gasteiger charge is -2.29. The number of thiazole rings is 1. The van der Waals surface area contributed by atoms with Crippen LogP contribution in [0, 0.1) is 5.92 Å². The highest BCUT2D eigenvalue weighted by Crippen LogP contribution is 2.23. The van der Waals surface area contributed by atoms with Crippen LogP contribution in [0.15, 0.2) is 35.8 Å². The van der Waals surface area contributed by atoms with E-state index in [9.17, 15) is 9.90 Å². The molecule has 5 nitrogen and oxygen atoms in total. The number of aromatic nitrogens is 1. The number of carbonyl (C=O) groups is 1. The van der Waals surface area contributed by atoms with Crippen molar-refractivity contribution in [2.24, 2.45) is 5.92 Å². The molecule has 3 N–H and O–H groups in total. The molecule has 2 aromatic rings. The maximum Gasteiger partial charge on any atom is 0.319 e. The van der Waals surface area contributed by atoms with Gasteiger partial charge in [0.2, 0.25) is 0 Å². The van der Waals surface area contributed by atoms with Crippen molar-refractivity contribution in [3.63, 3.8) is 0 Å². The number of urea groups is 1. The van der Waals surface area contributed by atoms with Crippen molar-refractivity contribution >= 4 is 23.1 Å². The van der Waals surface area contributed by atoms with Gasteiger partial charge in [0.05, 0.1) is 5.60 Å². The Morgan fingerprint density at radius 1 is 1.39 bits per heavy atom. The van der Waals surface area contributed by atoms with Gasteiger partial charge in [-0.1, -0.05) is 20.3 Å². The number of aliphatic hydroxyl groups is 1. The average Bonchev–Trinajstić information content (AvgIpc) is 3.07. The maximum absolute atomic E-state index is 11.9. The Hall–Kier alpha value is -1.92. The van der Waals surface area contributed by atoms with E-state index in [2.05, 4.69) is 15.6 Å². The number of amides is 2. The summed E-state index contributed by atoms with van der Waals surface area (Å²) in [6, 6.07) is 7.19. The molecule has 0 bridgehead atoms. The van der Waals surface area contributed by atoms with Crippen LogP contribution in [0.25, 0.3) is 10.6 Å². The van der Waals surface area contributed by atoms with E-state index in [4.69, 9.17) is 0 Å². The minimum absolute atomic E-state index is 0.111. The molecule has 2 unspecified atom stereocenters. The third-order valence-corrected chi connectivity index (χ3v) is 4.93. The smallest absolute Gasteiger partial charge is 0.319 e. The van der Waals surface area contributed by atoms with Crippen LogP contribution in [-0.4, -0.2) is 28.3 Å². The first-order valence-electron chi connectivity index (χ1n) is 7.69. The zero-order valence-corrected chi connectivity index (χ0v) is 14.5. The molecule has 0 aliphatic rings. The molecule has 0 spiro atoms. The highest BCUT2D eigenvalue weighted by molar-refractivity contribution is 7.13. The summed E-state index contributed by atoms with van der Waals surface area (Å²) in [6.45, 7) is 5.94. The molecule has 0 saturated heterocycles. The number of hydrogen-bond donors (Lipinski definition) is 3. The highest BCUT2D eigenvalue weighted by atomic mass is 32.1. The second-order valence-corrected chi connectivity index (χ2v) is 6.78. The molecule has 0 radical (unpaired) electrons. The van der Waals surface area contributed by atoms with E-state index < -0.39 is 5.60 Å². The molecule has 1 aromatic heterocycles. The number of nitrogens with one attached hydrogen (secondary N) is 2. The Kier molecular flexibility index (Phi) is 5.74. The molecule has 0 aliphatic heterocycles. The van der Waals surface area contributed by atoms with Crippen LogP contribution in [-0.2, 0) is 0 Å². The van der Waals surface area contributed by atoms with Crippen molar-refractivity contribution in [3.8, 4) is 10.6 Å². The van der Waals surface area contributed by atoms with Crippen molar-refractivity contribution in [2.45, 2.75) is 32.8 Å². The topological polar surface area (TPSA) is 74.2 Å². The monoisotopic (exact) mass is 333 g/mol. The molecule has 23 heavy (non-hydrogen) atoms. The summed E-state index contributed by atoms with van der Waals surface area (Å²) in [4.78, 5) is 16.2. The van der Waals surface area contributed by atoms with Gasteiger partial charge in [-0.05, 0) is 37.1 Å². The number of rotatable bonds is 6. The Labute approximate surface area is 140 Å². The van der Waals surface area contributed by atoms with Crippen molar-refractivity contribution in [1.29, 1.82) is 0 Å². The summed E-state index contributed by atoms with van der Waals surface area (Å²) in [6.07, 6.45) is 2.62. The second kappa shape index (κ2) is 7.57. The first kappa shape index (κ1) is 17.4. The molecule has 2 atom stereocenters. The molecule has 2 amide bonds. The van der Waals surface area contributed by atoms with Gasteiger partial charge in [0, 0.05) is 29.4 Å². The Bertz CT molecular complexity index is 624. The molecule has 2 rings (SSSR count). The van der Waals surface area contributed by atoms with Gasteiger partial charge in [-0.25, -0.2) is 9.78 Å². The quantitative estimate of drug-likeness (QED) is 0.754. The van der Waals surface area contributed by atoms with Gasteiger partial charge < -0.3 is 15.7 Å². The molecular formula is C17H23N3O2S. The summed E-state index contributed by atoms with van der Waals surface area (Å²) < 4.78 is 0. The van der Waals surface area contributed by atoms with Crippen LogP contribution in [0.1, 0.15) is 27.2 Å². The van der Waals surface area contributed by atoms with Crippen LogP contribution in [0.5, 0.6) is 0 Å². The van der Waals surface area contributed by atoms with Crippen molar-refractivity contribution in [3.05, 3.63) is 35.8 Å². The number of anilines is 1. The van der Waals surface area contributed by atoms with Gasteiger partial charge >= 0.3 is 6.03 Å². The van der Waals surface area contributed by atoms with E-state index in [1.165, 1.54) is 0 Å². The van der Waals surface area contributed by atoms with Crippen molar-refractivity contribution in [2.75, 3.05) is 11.9 Å². The summed E-state index contributed by atoms with van der Waals surface area (Å²) in [5, 5.41) is 18.7. The SMILES string of the molecule is CCC(C)C(C)(O)CNC(=O)Nc1ccc(-c2nccs2)cc1. The maximum atomic E-state index is 11.9. The molecule has 0 saturated carbocycles. The van der Waals surface area contributed by atoms with Gasteiger partial charge in [0.25, 0.3) is 0 Å². The third kappa shape index (κ3) is 4.77. The normalized spacial score (nSPS) is 14.8. The zero-order valence-electron chi connectivity index (χ0n) is 13.7. The molecule has 124 valence electrons. The van der Waals surface area contributed by atoms with E-state index >= 15 is 0 Å². The van der Waals surface area contributed by atoms with E-state index in [0.29, 0.717) is 5.69 Å². The molecule has 0 aliphatic carbocycles. The first-order chi connectivity index (χ1) is 10.9. The Balaban J connectivity index is 1.88. The lowest BCUT2D eigenvalue weighted by Crippen LogP contribution is -2.46. The predicted molar refractivity (Wildman–Crippen MR) is 94.7 cm³/mol. The van der Waals surface area contributed by atoms with Gasteiger partial charge in [0.15, 0.2) is 0 Å². The zero-order chi connectivity index (χ0) is 16.9. The molecule has 6 heteroatoms. The van der Waals surface area contributed by atoms with E-state index in [1.54, 1.807) is 24.5 Å². The van der Waals surface area contributed by atoms with Crippen molar-refractivity contribution < 1.29 is 9.90 Å². The van der Waals surface area contributed by atoms with Crippen LogP contribution < -0.4 is 10.6 Å². The fraction of sp³-hybridized carbons (Fsp3) is 0.412. The fourth-order valence-electron chi connectivity index (χ4n) is 2.11. The first-order valence-corrected chi connectivity index (χ1v) is 8.57. The lowest BCUT2D eigenvalue weighted by molar-refractivity contribution is 0.00827. The Morgan fingerprint density at radius 2 is 2.09 bits per heavy atom. The molecular weight excluding hydrogens is 310 g/mol. The van der Waals surface area contributed by atoms with Gasteiger partial charge in [0.1, 0.15) is 5.01 Å². The largest absolute Gasteiger partial charge is 0.388 e. The number of carbonyl (C=O) groups excluding carboxylic acids is 1. The summed E-state index contributed by atoms with van der Waals surface area (Å²) in [7, 11) is 0. The van der Waals surface area contributed by atoms with Crippen LogP contribution in [0.3, 0.4) is 0 Å². The predicted octanol–water partition coefficient (Wildman–Crippen LogP) is 3.73. The molecule has 1 heterocycles. The van der Waals surface area contributed by atoms with Gasteiger partial charge in [-0.2, -0.15) is 0 Å². The van der Waals surface area contributed by atoms with E-state index in [1.807, 2.05) is 43.5 Å². The summed E-state index contributed by atoms with van der Waals surface area (Å²) in [5.41, 5.74) is 0.803. The molecule has 0 fully saturated rings. The number of nitrogens with zero attached hydrogens (tertiary/aromatic N) is 1. The minimum atomic E-state index is -0.916. The van der Waals surface area contributed by atoms with Crippen LogP contribution in [0.2, 0.25) is 0 Å². The second-order valence-electron chi connectivity index (χ2n) is 5.89. The highest BCUT2D eigenvalue weighted by Gasteiger charge is 2.27. The average molecular weight is 333 g/mol. The van der Waals surface area contributed by atoms with Crippen molar-refractivity contribution in [1.82, 2.24) is 10.3 Å². The van der Waals surface area contributed by atoms with E-state index in [-0.39, 0.29) is 18.5 Å². The summed E-state index contributed by atoms with van der Waals surface area (Å²) >= 11 is 1.57. The van der Waals surface area contributed by atoms with Gasteiger partial charge in [-0.3, -0.25) is 0 Å². The standard InChI is InChI=1S/C17H23N3O2S/c1-4-12(2)17(3,22)11-19-16(21)20-14-7-5-13(6-8-14)15-18-9-10-23-15/h5-10,12,22H,4,11H2,1-3H3,(H2,19,20,21). The lowest BCUT2D eigenvalue weighted by atomic mass is 9.89. The third-order valence-electron chi connectivity index (χ3n) is 4.10.